The number of fused-ring (bicyclic) bond motifs is 1. The van der Waals surface area contributed by atoms with Crippen molar-refractivity contribution in [2.24, 2.45) is 7.05 Å². The molecular formula is C14H22Cl2N6O4S. The van der Waals surface area contributed by atoms with E-state index in [2.05, 4.69) is 24.9 Å². The van der Waals surface area contributed by atoms with Crippen LogP contribution in [0, 0.1) is 0 Å². The van der Waals surface area contributed by atoms with Gasteiger partial charge in [-0.15, -0.1) is 24.8 Å². The van der Waals surface area contributed by atoms with E-state index in [9.17, 15) is 18.0 Å². The van der Waals surface area contributed by atoms with Crippen LogP contribution < -0.4 is 21.3 Å². The second-order valence-electron chi connectivity index (χ2n) is 5.85. The molecule has 13 heteroatoms. The average Bonchev–Trinajstić information content (AvgIpc) is 2.60. The molecule has 0 spiro atoms. The van der Waals surface area contributed by atoms with Crippen LogP contribution in [0.15, 0.2) is 26.7 Å². The lowest BCUT2D eigenvalue weighted by atomic mass is 10.3. The van der Waals surface area contributed by atoms with Crippen molar-refractivity contribution in [3.8, 4) is 0 Å². The number of nitrogens with one attached hydrogen (secondary N) is 3. The minimum atomic E-state index is -3.79. The Bertz CT molecular complexity index is 1000. The largest absolute Gasteiger partial charge is 0.329 e. The third-order valence-electron chi connectivity index (χ3n) is 4.17. The number of aromatic nitrogens is 3. The van der Waals surface area contributed by atoms with Crippen molar-refractivity contribution in [1.29, 1.82) is 0 Å². The number of aromatic amines is 1. The third kappa shape index (κ3) is 5.27. The summed E-state index contributed by atoms with van der Waals surface area (Å²) in [7, 11) is -2.34. The number of hydrogen-bond acceptors (Lipinski definition) is 7. The van der Waals surface area contributed by atoms with Gasteiger partial charge in [0, 0.05) is 52.5 Å². The van der Waals surface area contributed by atoms with Gasteiger partial charge in [-0.2, -0.15) is 0 Å². The number of piperazine rings is 1. The van der Waals surface area contributed by atoms with Crippen molar-refractivity contribution < 1.29 is 8.42 Å². The van der Waals surface area contributed by atoms with Gasteiger partial charge < -0.3 is 5.32 Å². The standard InChI is InChI=1S/C14H20N6O4S.2ClH/c1-19-12-11(13(21)18-14(19)22)8-10(9-16-12)25(23,24)17-4-7-20-5-2-15-3-6-20;;/h8-9,15,17H,2-7H2,1H3,(H,18,21,22);2*1H. The summed E-state index contributed by atoms with van der Waals surface area (Å²) in [5.74, 6) is 0. The molecule has 3 rings (SSSR count). The minimum absolute atomic E-state index is 0. The molecule has 1 saturated heterocycles. The molecular weight excluding hydrogens is 419 g/mol. The molecule has 0 aliphatic carbocycles. The summed E-state index contributed by atoms with van der Waals surface area (Å²) in [6.07, 6.45) is 1.15. The van der Waals surface area contributed by atoms with E-state index >= 15 is 0 Å². The molecule has 10 nitrogen and oxygen atoms in total. The van der Waals surface area contributed by atoms with Gasteiger partial charge in [-0.1, -0.05) is 0 Å². The Kier molecular flexibility index (Phi) is 8.39. The lowest BCUT2D eigenvalue weighted by molar-refractivity contribution is 0.245. The fraction of sp³-hybridized carbons (Fsp3) is 0.500. The number of H-pyrrole nitrogens is 1. The quantitative estimate of drug-likeness (QED) is 0.523. The van der Waals surface area contributed by atoms with Gasteiger partial charge in [-0.05, 0) is 6.07 Å². The normalized spacial score (nSPS) is 15.1. The van der Waals surface area contributed by atoms with Gasteiger partial charge in [0.25, 0.3) is 5.56 Å². The molecule has 0 saturated carbocycles. The first kappa shape index (κ1) is 23.5. The van der Waals surface area contributed by atoms with E-state index in [1.54, 1.807) is 0 Å². The van der Waals surface area contributed by atoms with Crippen molar-refractivity contribution in [2.45, 2.75) is 4.90 Å². The molecule has 0 amide bonds. The second-order valence-corrected chi connectivity index (χ2v) is 7.62. The molecule has 1 aliphatic rings. The van der Waals surface area contributed by atoms with Crippen LogP contribution in [0.25, 0.3) is 11.0 Å². The fourth-order valence-corrected chi connectivity index (χ4v) is 3.71. The van der Waals surface area contributed by atoms with Gasteiger partial charge in [-0.25, -0.2) is 22.9 Å². The van der Waals surface area contributed by atoms with Gasteiger partial charge in [-0.3, -0.25) is 19.2 Å². The molecule has 2 aromatic rings. The van der Waals surface area contributed by atoms with Gasteiger partial charge >= 0.3 is 5.69 Å². The molecule has 1 aliphatic heterocycles. The Hall–Kier alpha value is -1.50. The maximum atomic E-state index is 12.4. The zero-order valence-electron chi connectivity index (χ0n) is 14.6. The van der Waals surface area contributed by atoms with E-state index in [1.807, 2.05) is 0 Å². The van der Waals surface area contributed by atoms with Crippen molar-refractivity contribution in [1.82, 2.24) is 29.5 Å². The number of pyridine rings is 1. The Morgan fingerprint density at radius 2 is 1.89 bits per heavy atom. The summed E-state index contributed by atoms with van der Waals surface area (Å²) >= 11 is 0. The smallest absolute Gasteiger partial charge is 0.314 e. The molecule has 3 N–H and O–H groups in total. The molecule has 0 aromatic carbocycles. The first-order valence-electron chi connectivity index (χ1n) is 7.90. The summed E-state index contributed by atoms with van der Waals surface area (Å²) in [6, 6.07) is 1.23. The van der Waals surface area contributed by atoms with Crippen LogP contribution in [0.3, 0.4) is 0 Å². The SMILES string of the molecule is Cl.Cl.Cn1c(=O)[nH]c(=O)c2cc(S(=O)(=O)NCCN3CCNCC3)cnc21. The van der Waals surface area contributed by atoms with Gasteiger partial charge in [0.05, 0.1) is 5.39 Å². The highest BCUT2D eigenvalue weighted by atomic mass is 35.5. The molecule has 1 fully saturated rings. The lowest BCUT2D eigenvalue weighted by Gasteiger charge is -2.27. The molecule has 0 radical (unpaired) electrons. The summed E-state index contributed by atoms with van der Waals surface area (Å²) in [5, 5.41) is 3.28. The predicted molar refractivity (Wildman–Crippen MR) is 107 cm³/mol. The Morgan fingerprint density at radius 1 is 1.22 bits per heavy atom. The fourth-order valence-electron chi connectivity index (χ4n) is 2.72. The van der Waals surface area contributed by atoms with Crippen LogP contribution in [0.1, 0.15) is 0 Å². The van der Waals surface area contributed by atoms with Crippen LogP contribution in [0.2, 0.25) is 0 Å². The van der Waals surface area contributed by atoms with Gasteiger partial charge in [0.15, 0.2) is 0 Å². The zero-order valence-corrected chi connectivity index (χ0v) is 17.0. The first-order valence-corrected chi connectivity index (χ1v) is 9.38. The second kappa shape index (κ2) is 9.62. The maximum absolute atomic E-state index is 12.4. The summed E-state index contributed by atoms with van der Waals surface area (Å²) in [4.78, 5) is 31.6. The van der Waals surface area contributed by atoms with Crippen LogP contribution >= 0.6 is 24.8 Å². The van der Waals surface area contributed by atoms with Gasteiger partial charge in [0.2, 0.25) is 10.0 Å². The molecule has 2 aromatic heterocycles. The summed E-state index contributed by atoms with van der Waals surface area (Å²) < 4.78 is 28.5. The van der Waals surface area contributed by atoms with Crippen LogP contribution in [-0.2, 0) is 17.1 Å². The van der Waals surface area contributed by atoms with E-state index in [1.165, 1.54) is 13.1 Å². The molecule has 0 atom stereocenters. The number of rotatable bonds is 5. The van der Waals surface area contributed by atoms with E-state index in [0.717, 1.165) is 36.9 Å². The van der Waals surface area contributed by atoms with Gasteiger partial charge in [0.1, 0.15) is 10.5 Å². The lowest BCUT2D eigenvalue weighted by Crippen LogP contribution is -2.46. The van der Waals surface area contributed by atoms with Crippen LogP contribution in [-0.4, -0.2) is 67.1 Å². The monoisotopic (exact) mass is 440 g/mol. The average molecular weight is 441 g/mol. The van der Waals surface area contributed by atoms with Crippen molar-refractivity contribution in [2.75, 3.05) is 39.3 Å². The van der Waals surface area contributed by atoms with E-state index in [4.69, 9.17) is 0 Å². The molecule has 0 bridgehead atoms. The number of halogens is 2. The van der Waals surface area contributed by atoms with Crippen LogP contribution in [0.5, 0.6) is 0 Å². The molecule has 3 heterocycles. The Labute approximate surface area is 168 Å². The first-order chi connectivity index (χ1) is 11.9. The van der Waals surface area contributed by atoms with Crippen LogP contribution in [0.4, 0.5) is 0 Å². The highest BCUT2D eigenvalue weighted by Crippen LogP contribution is 2.12. The number of sulfonamides is 1. The molecule has 27 heavy (non-hydrogen) atoms. The van der Waals surface area contributed by atoms with E-state index in [-0.39, 0.29) is 47.3 Å². The molecule has 152 valence electrons. The number of hydrogen-bond donors (Lipinski definition) is 3. The van der Waals surface area contributed by atoms with E-state index in [0.29, 0.717) is 6.54 Å². The number of nitrogens with zero attached hydrogens (tertiary/aromatic N) is 3. The van der Waals surface area contributed by atoms with Crippen molar-refractivity contribution >= 4 is 45.9 Å². The topological polar surface area (TPSA) is 129 Å². The number of aryl methyl sites for hydroxylation is 1. The third-order valence-corrected chi connectivity index (χ3v) is 5.60. The summed E-state index contributed by atoms with van der Waals surface area (Å²) in [5.41, 5.74) is -1.13. The maximum Gasteiger partial charge on any atom is 0.329 e. The predicted octanol–water partition coefficient (Wildman–Crippen LogP) is -1.35. The molecule has 0 unspecified atom stereocenters. The Morgan fingerprint density at radius 3 is 2.56 bits per heavy atom. The zero-order chi connectivity index (χ0) is 18.0. The highest BCUT2D eigenvalue weighted by Gasteiger charge is 2.18. The van der Waals surface area contributed by atoms with Crippen molar-refractivity contribution in [3.63, 3.8) is 0 Å². The van der Waals surface area contributed by atoms with Crippen molar-refractivity contribution in [3.05, 3.63) is 33.1 Å². The highest BCUT2D eigenvalue weighted by molar-refractivity contribution is 7.89. The minimum Gasteiger partial charge on any atom is -0.314 e. The van der Waals surface area contributed by atoms with E-state index < -0.39 is 21.3 Å². The Balaban J connectivity index is 0.00000182. The summed E-state index contributed by atoms with van der Waals surface area (Å²) in [6.45, 7) is 4.41.